The van der Waals surface area contributed by atoms with E-state index in [2.05, 4.69) is 22.3 Å². The minimum atomic E-state index is 0.672. The molecule has 108 valence electrons. The van der Waals surface area contributed by atoms with Crippen molar-refractivity contribution in [3.8, 4) is 0 Å². The first-order valence-corrected chi connectivity index (χ1v) is 7.84. The number of hydrogen-bond acceptors (Lipinski definition) is 3. The first-order valence-electron chi connectivity index (χ1n) is 7.46. The summed E-state index contributed by atoms with van der Waals surface area (Å²) in [6.07, 6.45) is 8.50. The lowest BCUT2D eigenvalue weighted by atomic mass is 9.81. The van der Waals surface area contributed by atoms with E-state index in [0.717, 1.165) is 24.0 Å². The Kier molecular flexibility index (Phi) is 4.10. The number of rotatable bonds is 4. The molecule has 0 aromatic carbocycles. The zero-order valence-electron chi connectivity index (χ0n) is 11.8. The van der Waals surface area contributed by atoms with E-state index in [1.807, 2.05) is 12.1 Å². The fourth-order valence-corrected chi connectivity index (χ4v) is 3.09. The van der Waals surface area contributed by atoms with E-state index >= 15 is 0 Å². The van der Waals surface area contributed by atoms with Gasteiger partial charge in [-0.25, -0.2) is 4.52 Å². The van der Waals surface area contributed by atoms with Crippen molar-refractivity contribution in [2.45, 2.75) is 39.0 Å². The third-order valence-corrected chi connectivity index (χ3v) is 4.49. The average molecular weight is 293 g/mol. The van der Waals surface area contributed by atoms with Crippen molar-refractivity contribution in [3.63, 3.8) is 0 Å². The smallest absolute Gasteiger partial charge is 0.243 e. The number of halogens is 1. The summed E-state index contributed by atoms with van der Waals surface area (Å²) in [5.41, 5.74) is 0.823. The van der Waals surface area contributed by atoms with Gasteiger partial charge in [-0.1, -0.05) is 44.2 Å². The molecule has 0 amide bonds. The molecule has 0 aliphatic heterocycles. The Morgan fingerprint density at radius 1 is 1.30 bits per heavy atom. The van der Waals surface area contributed by atoms with Crippen LogP contribution in [0.2, 0.25) is 5.02 Å². The minimum Gasteiger partial charge on any atom is -0.353 e. The molecule has 1 aliphatic carbocycles. The van der Waals surface area contributed by atoms with Crippen molar-refractivity contribution in [1.82, 2.24) is 14.6 Å². The van der Waals surface area contributed by atoms with Crippen LogP contribution in [0.4, 0.5) is 5.95 Å². The van der Waals surface area contributed by atoms with Crippen molar-refractivity contribution in [2.75, 3.05) is 11.9 Å². The molecular formula is C15H21ClN4. The van der Waals surface area contributed by atoms with E-state index in [4.69, 9.17) is 11.6 Å². The highest BCUT2D eigenvalue weighted by molar-refractivity contribution is 6.30. The fraction of sp³-hybridized carbons (Fsp3) is 0.600. The van der Waals surface area contributed by atoms with Gasteiger partial charge in [0.15, 0.2) is 5.65 Å². The van der Waals surface area contributed by atoms with Crippen LogP contribution in [0.15, 0.2) is 18.3 Å². The molecule has 1 saturated carbocycles. The largest absolute Gasteiger partial charge is 0.353 e. The summed E-state index contributed by atoms with van der Waals surface area (Å²) in [4.78, 5) is 4.43. The van der Waals surface area contributed by atoms with Gasteiger partial charge in [-0.2, -0.15) is 4.98 Å². The molecule has 1 fully saturated rings. The van der Waals surface area contributed by atoms with Crippen molar-refractivity contribution >= 4 is 23.2 Å². The predicted octanol–water partition coefficient (Wildman–Crippen LogP) is 4.01. The molecule has 2 aromatic heterocycles. The number of pyridine rings is 1. The highest BCUT2D eigenvalue weighted by atomic mass is 35.5. The van der Waals surface area contributed by atoms with E-state index < -0.39 is 0 Å². The van der Waals surface area contributed by atoms with Gasteiger partial charge in [0.05, 0.1) is 5.02 Å². The molecule has 0 bridgehead atoms. The van der Waals surface area contributed by atoms with Crippen molar-refractivity contribution < 1.29 is 0 Å². The third kappa shape index (κ3) is 3.23. The zero-order chi connectivity index (χ0) is 13.9. The van der Waals surface area contributed by atoms with Gasteiger partial charge in [-0.15, -0.1) is 5.10 Å². The SMILES string of the molecule is CC1CCC(CCNc2nc3ccc(Cl)cn3n2)CC1. The lowest BCUT2D eigenvalue weighted by molar-refractivity contribution is 0.282. The van der Waals surface area contributed by atoms with E-state index in [0.29, 0.717) is 11.0 Å². The van der Waals surface area contributed by atoms with Crippen LogP contribution in [0.25, 0.3) is 5.65 Å². The minimum absolute atomic E-state index is 0.672. The Hall–Kier alpha value is -1.29. The molecule has 1 aliphatic rings. The number of anilines is 1. The topological polar surface area (TPSA) is 42.2 Å². The van der Waals surface area contributed by atoms with Gasteiger partial charge in [0, 0.05) is 12.7 Å². The lowest BCUT2D eigenvalue weighted by Crippen LogP contribution is -2.16. The van der Waals surface area contributed by atoms with Gasteiger partial charge < -0.3 is 5.32 Å². The second kappa shape index (κ2) is 6.00. The maximum atomic E-state index is 5.94. The lowest BCUT2D eigenvalue weighted by Gasteiger charge is -2.25. The molecule has 3 rings (SSSR count). The molecule has 5 heteroatoms. The zero-order valence-corrected chi connectivity index (χ0v) is 12.6. The predicted molar refractivity (Wildman–Crippen MR) is 82.2 cm³/mol. The molecule has 4 nitrogen and oxygen atoms in total. The second-order valence-electron chi connectivity index (χ2n) is 5.93. The fourth-order valence-electron chi connectivity index (χ4n) is 2.94. The van der Waals surface area contributed by atoms with Gasteiger partial charge >= 0.3 is 0 Å². The number of aromatic nitrogens is 3. The van der Waals surface area contributed by atoms with Gasteiger partial charge in [-0.05, 0) is 30.4 Å². The maximum Gasteiger partial charge on any atom is 0.243 e. The first-order chi connectivity index (χ1) is 9.70. The summed E-state index contributed by atoms with van der Waals surface area (Å²) < 4.78 is 1.72. The first kappa shape index (κ1) is 13.7. The van der Waals surface area contributed by atoms with Crippen molar-refractivity contribution in [1.29, 1.82) is 0 Å². The maximum absolute atomic E-state index is 5.94. The standard InChI is InChI=1S/C15H21ClN4/c1-11-2-4-12(5-3-11)8-9-17-15-18-14-7-6-13(16)10-20(14)19-15/h6-7,10-12H,2-5,8-9H2,1H3,(H,17,19). The van der Waals surface area contributed by atoms with Crippen molar-refractivity contribution in [2.24, 2.45) is 11.8 Å². The summed E-state index contributed by atoms with van der Waals surface area (Å²) in [6.45, 7) is 3.31. The number of nitrogens with one attached hydrogen (secondary N) is 1. The molecule has 2 heterocycles. The summed E-state index contributed by atoms with van der Waals surface area (Å²) in [7, 11) is 0. The molecule has 1 N–H and O–H groups in total. The van der Waals surface area contributed by atoms with Gasteiger partial charge in [-0.3, -0.25) is 0 Å². The van der Waals surface area contributed by atoms with Crippen molar-refractivity contribution in [3.05, 3.63) is 23.4 Å². The van der Waals surface area contributed by atoms with Crippen LogP contribution in [0.5, 0.6) is 0 Å². The van der Waals surface area contributed by atoms with E-state index in [9.17, 15) is 0 Å². The molecule has 0 saturated heterocycles. The van der Waals surface area contributed by atoms with Gasteiger partial charge in [0.2, 0.25) is 5.95 Å². The second-order valence-corrected chi connectivity index (χ2v) is 6.36. The quantitative estimate of drug-likeness (QED) is 0.926. The molecular weight excluding hydrogens is 272 g/mol. The van der Waals surface area contributed by atoms with Gasteiger partial charge in [0.25, 0.3) is 0 Å². The molecule has 0 unspecified atom stereocenters. The monoisotopic (exact) mass is 292 g/mol. The van der Waals surface area contributed by atoms with Gasteiger partial charge in [0.1, 0.15) is 0 Å². The Labute approximate surface area is 124 Å². The summed E-state index contributed by atoms with van der Waals surface area (Å²) in [6, 6.07) is 3.71. The Morgan fingerprint density at radius 3 is 2.90 bits per heavy atom. The Morgan fingerprint density at radius 2 is 2.10 bits per heavy atom. The average Bonchev–Trinajstić information content (AvgIpc) is 2.83. The number of hydrogen-bond donors (Lipinski definition) is 1. The molecule has 0 atom stereocenters. The van der Waals surface area contributed by atoms with E-state index in [1.54, 1.807) is 10.7 Å². The highest BCUT2D eigenvalue weighted by Gasteiger charge is 2.17. The molecule has 0 spiro atoms. The summed E-state index contributed by atoms with van der Waals surface area (Å²) in [5, 5.41) is 8.38. The van der Waals surface area contributed by atoms with Crippen LogP contribution in [0, 0.1) is 11.8 Å². The number of fused-ring (bicyclic) bond motifs is 1. The molecule has 20 heavy (non-hydrogen) atoms. The number of nitrogens with zero attached hydrogens (tertiary/aromatic N) is 3. The van der Waals surface area contributed by atoms with Crippen LogP contribution < -0.4 is 5.32 Å². The summed E-state index contributed by atoms with van der Waals surface area (Å²) >= 11 is 5.94. The summed E-state index contributed by atoms with van der Waals surface area (Å²) in [5.74, 6) is 2.48. The van der Waals surface area contributed by atoms with Crippen LogP contribution >= 0.6 is 11.6 Å². The Bertz CT molecular complexity index is 572. The molecule has 2 aromatic rings. The van der Waals surface area contributed by atoms with Crippen LogP contribution in [0.3, 0.4) is 0 Å². The third-order valence-electron chi connectivity index (χ3n) is 4.27. The van der Waals surface area contributed by atoms with E-state index in [-0.39, 0.29) is 0 Å². The van der Waals surface area contributed by atoms with Crippen LogP contribution in [-0.4, -0.2) is 21.1 Å². The molecule has 0 radical (unpaired) electrons. The van der Waals surface area contributed by atoms with Crippen LogP contribution in [0.1, 0.15) is 39.0 Å². The van der Waals surface area contributed by atoms with E-state index in [1.165, 1.54) is 32.1 Å². The normalized spacial score (nSPS) is 23.1. The highest BCUT2D eigenvalue weighted by Crippen LogP contribution is 2.30. The Balaban J connectivity index is 1.52. The van der Waals surface area contributed by atoms with Crippen LogP contribution in [-0.2, 0) is 0 Å².